The van der Waals surface area contributed by atoms with E-state index in [0.717, 1.165) is 5.56 Å². The van der Waals surface area contributed by atoms with Gasteiger partial charge in [-0.05, 0) is 48.9 Å². The van der Waals surface area contributed by atoms with Crippen molar-refractivity contribution in [3.8, 4) is 5.75 Å². The molecule has 1 heterocycles. The molecule has 2 aromatic carbocycles. The van der Waals surface area contributed by atoms with E-state index < -0.39 is 0 Å². The van der Waals surface area contributed by atoms with Crippen molar-refractivity contribution >= 4 is 40.9 Å². The highest BCUT2D eigenvalue weighted by Crippen LogP contribution is 2.23. The van der Waals surface area contributed by atoms with E-state index in [0.29, 0.717) is 33.0 Å². The van der Waals surface area contributed by atoms with Crippen molar-refractivity contribution in [1.82, 2.24) is 20.5 Å². The van der Waals surface area contributed by atoms with Crippen LogP contribution in [0.3, 0.4) is 0 Å². The molecule has 0 aliphatic carbocycles. The highest BCUT2D eigenvalue weighted by Gasteiger charge is 2.11. The largest absolute Gasteiger partial charge is 0.497 e. The molecule has 0 fully saturated rings. The van der Waals surface area contributed by atoms with Crippen LogP contribution in [-0.2, 0) is 11.3 Å². The van der Waals surface area contributed by atoms with Crippen LogP contribution in [-0.4, -0.2) is 39.9 Å². The maximum absolute atomic E-state index is 12.2. The summed E-state index contributed by atoms with van der Waals surface area (Å²) < 4.78 is 5.07. The number of ether oxygens (including phenoxy) is 1. The number of thioether (sulfide) groups is 1. The maximum Gasteiger partial charge on any atom is 0.251 e. The molecule has 0 aliphatic heterocycles. The molecular formula is C20H20ClN5O3S. The second-order valence-corrected chi connectivity index (χ2v) is 7.57. The number of carbonyl (C=O) groups is 2. The molecule has 3 rings (SSSR count). The minimum atomic E-state index is -0.237. The normalized spacial score (nSPS) is 10.5. The number of hydrogen-bond donors (Lipinski definition) is 3. The molecular weight excluding hydrogens is 426 g/mol. The van der Waals surface area contributed by atoms with Crippen molar-refractivity contribution in [3.05, 3.63) is 64.4 Å². The first-order chi connectivity index (χ1) is 14.5. The summed E-state index contributed by atoms with van der Waals surface area (Å²) in [7, 11) is 1.57. The average molecular weight is 446 g/mol. The molecule has 0 bridgehead atoms. The van der Waals surface area contributed by atoms with Crippen molar-refractivity contribution in [3.63, 3.8) is 0 Å². The van der Waals surface area contributed by atoms with Gasteiger partial charge in [0, 0.05) is 16.3 Å². The van der Waals surface area contributed by atoms with Crippen LogP contribution in [0.5, 0.6) is 5.75 Å². The minimum absolute atomic E-state index is 0.140. The summed E-state index contributed by atoms with van der Waals surface area (Å²) in [5.41, 5.74) is 1.99. The molecule has 0 atom stereocenters. The zero-order valence-corrected chi connectivity index (χ0v) is 17.9. The first kappa shape index (κ1) is 21.7. The smallest absolute Gasteiger partial charge is 0.251 e. The summed E-state index contributed by atoms with van der Waals surface area (Å²) in [5.74, 6) is 0.883. The van der Waals surface area contributed by atoms with Crippen molar-refractivity contribution in [2.45, 2.75) is 18.6 Å². The number of hydrogen-bond acceptors (Lipinski definition) is 6. The molecule has 10 heteroatoms. The number of carbonyl (C=O) groups excluding carboxylic acids is 2. The molecule has 2 amide bonds. The topological polar surface area (TPSA) is 109 Å². The van der Waals surface area contributed by atoms with Gasteiger partial charge in [0.15, 0.2) is 0 Å². The lowest BCUT2D eigenvalue weighted by Gasteiger charge is -2.08. The number of aromatic amines is 1. The van der Waals surface area contributed by atoms with Gasteiger partial charge in [0.25, 0.3) is 5.91 Å². The van der Waals surface area contributed by atoms with Gasteiger partial charge in [-0.15, -0.1) is 5.10 Å². The van der Waals surface area contributed by atoms with Crippen LogP contribution in [0.15, 0.2) is 47.6 Å². The highest BCUT2D eigenvalue weighted by molar-refractivity contribution is 7.99. The Morgan fingerprint density at radius 2 is 1.97 bits per heavy atom. The van der Waals surface area contributed by atoms with E-state index in [-0.39, 0.29) is 24.1 Å². The summed E-state index contributed by atoms with van der Waals surface area (Å²) >= 11 is 7.25. The maximum atomic E-state index is 12.2. The zero-order chi connectivity index (χ0) is 21.5. The second-order valence-electron chi connectivity index (χ2n) is 6.23. The predicted octanol–water partition coefficient (Wildman–Crippen LogP) is 3.44. The van der Waals surface area contributed by atoms with E-state index >= 15 is 0 Å². The SMILES string of the molecule is COc1ccc(C(=O)NCc2nc(SCC(=O)Nc3cccc(Cl)c3C)n[nH]2)cc1. The van der Waals surface area contributed by atoms with E-state index in [1.165, 1.54) is 11.8 Å². The number of rotatable bonds is 8. The highest BCUT2D eigenvalue weighted by atomic mass is 35.5. The van der Waals surface area contributed by atoms with Crippen LogP contribution in [0.4, 0.5) is 5.69 Å². The van der Waals surface area contributed by atoms with Gasteiger partial charge >= 0.3 is 0 Å². The van der Waals surface area contributed by atoms with E-state index in [4.69, 9.17) is 16.3 Å². The van der Waals surface area contributed by atoms with Gasteiger partial charge in [-0.2, -0.15) is 0 Å². The Balaban J connectivity index is 1.47. The number of halogens is 1. The Bertz CT molecular complexity index is 1040. The van der Waals surface area contributed by atoms with Gasteiger partial charge in [0.05, 0.1) is 19.4 Å². The number of aromatic nitrogens is 3. The molecule has 0 aliphatic rings. The van der Waals surface area contributed by atoms with Gasteiger partial charge in [0.2, 0.25) is 11.1 Å². The van der Waals surface area contributed by atoms with Gasteiger partial charge in [0.1, 0.15) is 11.6 Å². The molecule has 0 saturated heterocycles. The molecule has 30 heavy (non-hydrogen) atoms. The molecule has 3 aromatic rings. The number of amides is 2. The van der Waals surface area contributed by atoms with E-state index in [2.05, 4.69) is 25.8 Å². The fourth-order valence-corrected chi connectivity index (χ4v) is 3.28. The minimum Gasteiger partial charge on any atom is -0.497 e. The summed E-state index contributed by atoms with van der Waals surface area (Å²) in [6, 6.07) is 12.1. The summed E-state index contributed by atoms with van der Waals surface area (Å²) in [6.07, 6.45) is 0. The number of methoxy groups -OCH3 is 1. The second kappa shape index (κ2) is 10.1. The fourth-order valence-electron chi connectivity index (χ4n) is 2.49. The van der Waals surface area contributed by atoms with Crippen LogP contribution in [0.25, 0.3) is 0 Å². The quantitative estimate of drug-likeness (QED) is 0.458. The number of H-pyrrole nitrogens is 1. The number of nitrogens with one attached hydrogen (secondary N) is 3. The number of benzene rings is 2. The van der Waals surface area contributed by atoms with Crippen LogP contribution in [0, 0.1) is 6.92 Å². The molecule has 0 saturated carbocycles. The summed E-state index contributed by atoms with van der Waals surface area (Å²) in [4.78, 5) is 28.6. The Hall–Kier alpha value is -3.04. The van der Waals surface area contributed by atoms with Gasteiger partial charge in [-0.25, -0.2) is 4.98 Å². The standard InChI is InChI=1S/C20H20ClN5O3S/c1-12-15(21)4-3-5-16(12)23-18(27)11-30-20-24-17(25-26-20)10-22-19(28)13-6-8-14(29-2)9-7-13/h3-9H,10-11H2,1-2H3,(H,22,28)(H,23,27)(H,24,25,26). The lowest BCUT2D eigenvalue weighted by Crippen LogP contribution is -2.23. The first-order valence-electron chi connectivity index (χ1n) is 8.97. The molecule has 156 valence electrons. The molecule has 0 spiro atoms. The fraction of sp³-hybridized carbons (Fsp3) is 0.200. The van der Waals surface area contributed by atoms with E-state index in [1.807, 2.05) is 6.92 Å². The van der Waals surface area contributed by atoms with Crippen LogP contribution in [0.1, 0.15) is 21.7 Å². The van der Waals surface area contributed by atoms with Crippen molar-refractivity contribution < 1.29 is 14.3 Å². The zero-order valence-electron chi connectivity index (χ0n) is 16.4. The van der Waals surface area contributed by atoms with Gasteiger partial charge in [-0.3, -0.25) is 14.7 Å². The first-order valence-corrected chi connectivity index (χ1v) is 10.3. The average Bonchev–Trinajstić information content (AvgIpc) is 3.22. The van der Waals surface area contributed by atoms with Crippen molar-refractivity contribution in [1.29, 1.82) is 0 Å². The Labute approximate surface area is 182 Å². The molecule has 0 unspecified atom stereocenters. The van der Waals surface area contributed by atoms with Crippen LogP contribution >= 0.6 is 23.4 Å². The lowest BCUT2D eigenvalue weighted by atomic mass is 10.2. The van der Waals surface area contributed by atoms with Gasteiger partial charge < -0.3 is 15.4 Å². The predicted molar refractivity (Wildman–Crippen MR) is 116 cm³/mol. The lowest BCUT2D eigenvalue weighted by molar-refractivity contribution is -0.113. The molecule has 1 aromatic heterocycles. The molecule has 3 N–H and O–H groups in total. The third-order valence-electron chi connectivity index (χ3n) is 4.15. The Morgan fingerprint density at radius 1 is 1.20 bits per heavy atom. The molecule has 8 nitrogen and oxygen atoms in total. The van der Waals surface area contributed by atoms with Crippen molar-refractivity contribution in [2.24, 2.45) is 0 Å². The Kier molecular flexibility index (Phi) is 7.31. The van der Waals surface area contributed by atoms with Gasteiger partial charge in [-0.1, -0.05) is 29.4 Å². The van der Waals surface area contributed by atoms with E-state index in [9.17, 15) is 9.59 Å². The van der Waals surface area contributed by atoms with Crippen LogP contribution in [0.2, 0.25) is 5.02 Å². The monoisotopic (exact) mass is 445 g/mol. The Morgan fingerprint density at radius 3 is 2.70 bits per heavy atom. The van der Waals surface area contributed by atoms with E-state index in [1.54, 1.807) is 49.6 Å². The molecule has 0 radical (unpaired) electrons. The third-order valence-corrected chi connectivity index (χ3v) is 5.41. The number of anilines is 1. The third kappa shape index (κ3) is 5.74. The summed E-state index contributed by atoms with van der Waals surface area (Å²) in [6.45, 7) is 2.03. The van der Waals surface area contributed by atoms with Crippen molar-refractivity contribution in [2.75, 3.05) is 18.2 Å². The van der Waals surface area contributed by atoms with Crippen LogP contribution < -0.4 is 15.4 Å². The summed E-state index contributed by atoms with van der Waals surface area (Å²) in [5, 5.41) is 13.4. The number of nitrogens with zero attached hydrogens (tertiary/aromatic N) is 2.